The number of fused-ring (bicyclic) bond motifs is 3. The lowest BCUT2D eigenvalue weighted by Gasteiger charge is -2.22. The predicted octanol–water partition coefficient (Wildman–Crippen LogP) is 2.29. The Labute approximate surface area is 144 Å². The molecule has 4 rings (SSSR count). The second kappa shape index (κ2) is 5.96. The Morgan fingerprint density at radius 3 is 2.76 bits per heavy atom. The Morgan fingerprint density at radius 2 is 2.00 bits per heavy atom. The fraction of sp³-hybridized carbons (Fsp3) is 0.412. The maximum Gasteiger partial charge on any atom is 0.364 e. The molecule has 132 valence electrons. The summed E-state index contributed by atoms with van der Waals surface area (Å²) in [5.74, 6) is 0. The summed E-state index contributed by atoms with van der Waals surface area (Å²) < 4.78 is 35.2. The highest BCUT2D eigenvalue weighted by Crippen LogP contribution is 2.26. The summed E-state index contributed by atoms with van der Waals surface area (Å²) in [7, 11) is -1.87. The zero-order chi connectivity index (χ0) is 17.6. The van der Waals surface area contributed by atoms with Crippen molar-refractivity contribution in [3.8, 4) is 0 Å². The molecular weight excluding hydrogens is 342 g/mol. The lowest BCUT2D eigenvalue weighted by atomic mass is 9.96. The maximum absolute atomic E-state index is 12.7. The number of nitrogens with one attached hydrogen (secondary N) is 1. The number of aromatic nitrogens is 2. The number of aryl methyl sites for hydroxylation is 1. The van der Waals surface area contributed by atoms with E-state index in [0.29, 0.717) is 16.5 Å². The molecule has 1 aromatic carbocycles. The summed E-state index contributed by atoms with van der Waals surface area (Å²) >= 11 is 0. The Bertz CT molecular complexity index is 1110. The second-order valence-electron chi connectivity index (χ2n) is 6.56. The van der Waals surface area contributed by atoms with E-state index in [-0.39, 0.29) is 16.5 Å². The molecule has 1 fully saturated rings. The van der Waals surface area contributed by atoms with Gasteiger partial charge in [0.05, 0.1) is 16.7 Å². The smallest absolute Gasteiger partial charge is 0.364 e. The minimum absolute atomic E-state index is 0.0140. The van der Waals surface area contributed by atoms with E-state index in [9.17, 15) is 13.2 Å². The first-order chi connectivity index (χ1) is 12.0. The van der Waals surface area contributed by atoms with Crippen molar-refractivity contribution in [3.05, 3.63) is 34.9 Å². The van der Waals surface area contributed by atoms with E-state index in [1.54, 1.807) is 17.7 Å². The third-order valence-electron chi connectivity index (χ3n) is 4.78. The van der Waals surface area contributed by atoms with Gasteiger partial charge in [-0.3, -0.25) is 0 Å². The van der Waals surface area contributed by atoms with E-state index in [1.165, 1.54) is 18.5 Å². The van der Waals surface area contributed by atoms with Gasteiger partial charge in [0.1, 0.15) is 5.58 Å². The fourth-order valence-corrected chi connectivity index (χ4v) is 4.83. The van der Waals surface area contributed by atoms with Gasteiger partial charge >= 0.3 is 5.63 Å². The Morgan fingerprint density at radius 1 is 1.24 bits per heavy atom. The molecule has 0 aliphatic heterocycles. The van der Waals surface area contributed by atoms with E-state index in [4.69, 9.17) is 4.42 Å². The van der Waals surface area contributed by atoms with Crippen LogP contribution >= 0.6 is 0 Å². The van der Waals surface area contributed by atoms with Gasteiger partial charge in [-0.1, -0.05) is 19.3 Å². The molecule has 0 saturated heterocycles. The molecule has 1 N–H and O–H groups in total. The van der Waals surface area contributed by atoms with Gasteiger partial charge in [0.15, 0.2) is 5.52 Å². The standard InChI is InChI=1S/C17H19N3O4S/c1-20-10-18-15-16(20)13-9-12(7-8-14(13)24-17(15)21)25(22,23)19-11-5-3-2-4-6-11/h7-11,19H,2-6H2,1H3. The van der Waals surface area contributed by atoms with Gasteiger partial charge in [0.2, 0.25) is 10.0 Å². The van der Waals surface area contributed by atoms with E-state index in [0.717, 1.165) is 32.1 Å². The first kappa shape index (κ1) is 16.3. The van der Waals surface area contributed by atoms with Crippen LogP contribution in [0.1, 0.15) is 32.1 Å². The number of rotatable bonds is 3. The molecule has 0 amide bonds. The topological polar surface area (TPSA) is 94.2 Å². The molecule has 25 heavy (non-hydrogen) atoms. The molecule has 7 nitrogen and oxygen atoms in total. The molecule has 0 bridgehead atoms. The second-order valence-corrected chi connectivity index (χ2v) is 8.27. The van der Waals surface area contributed by atoms with Crippen molar-refractivity contribution in [1.29, 1.82) is 0 Å². The van der Waals surface area contributed by atoms with Gasteiger partial charge < -0.3 is 8.98 Å². The lowest BCUT2D eigenvalue weighted by Crippen LogP contribution is -2.36. The van der Waals surface area contributed by atoms with Crippen LogP contribution in [0.3, 0.4) is 0 Å². The minimum Gasteiger partial charge on any atom is -0.421 e. The average molecular weight is 361 g/mol. The SMILES string of the molecule is Cn1cnc2c(=O)oc3ccc(S(=O)(=O)NC4CCCCC4)cc3c21. The Balaban J connectivity index is 1.82. The van der Waals surface area contributed by atoms with Gasteiger partial charge in [-0.2, -0.15) is 0 Å². The molecule has 1 saturated carbocycles. The summed E-state index contributed by atoms with van der Waals surface area (Å²) in [6, 6.07) is 4.53. The van der Waals surface area contributed by atoms with Crippen LogP contribution in [-0.4, -0.2) is 24.0 Å². The molecule has 0 atom stereocenters. The van der Waals surface area contributed by atoms with Crippen molar-refractivity contribution < 1.29 is 12.8 Å². The van der Waals surface area contributed by atoms with E-state index in [1.807, 2.05) is 0 Å². The monoisotopic (exact) mass is 361 g/mol. The normalized spacial score (nSPS) is 16.7. The van der Waals surface area contributed by atoms with Gasteiger partial charge in [-0.05, 0) is 31.0 Å². The zero-order valence-electron chi connectivity index (χ0n) is 13.9. The fourth-order valence-electron chi connectivity index (χ4n) is 3.50. The number of hydrogen-bond donors (Lipinski definition) is 1. The predicted molar refractivity (Wildman–Crippen MR) is 94.0 cm³/mol. The molecule has 1 aliphatic rings. The van der Waals surface area contributed by atoms with Crippen LogP contribution in [0.2, 0.25) is 0 Å². The minimum atomic E-state index is -3.63. The summed E-state index contributed by atoms with van der Waals surface area (Å²) in [5.41, 5.74) is 0.586. The van der Waals surface area contributed by atoms with Gasteiger partial charge in [-0.25, -0.2) is 22.9 Å². The Hall–Kier alpha value is -2.19. The van der Waals surface area contributed by atoms with Crippen LogP contribution in [-0.2, 0) is 17.1 Å². The maximum atomic E-state index is 12.7. The van der Waals surface area contributed by atoms with Crippen LogP contribution in [0.25, 0.3) is 22.0 Å². The van der Waals surface area contributed by atoms with Crippen LogP contribution < -0.4 is 10.3 Å². The number of nitrogens with zero attached hydrogens (tertiary/aromatic N) is 2. The third-order valence-corrected chi connectivity index (χ3v) is 6.29. The van der Waals surface area contributed by atoms with Crippen LogP contribution in [0.15, 0.2) is 38.6 Å². The highest BCUT2D eigenvalue weighted by Gasteiger charge is 2.23. The van der Waals surface area contributed by atoms with Crippen molar-refractivity contribution >= 4 is 32.0 Å². The molecule has 0 radical (unpaired) electrons. The Kier molecular flexibility index (Phi) is 3.88. The molecule has 1 aliphatic carbocycles. The third kappa shape index (κ3) is 2.85. The summed E-state index contributed by atoms with van der Waals surface area (Å²) in [4.78, 5) is 16.2. The van der Waals surface area contributed by atoms with Crippen molar-refractivity contribution in [2.45, 2.75) is 43.0 Å². The lowest BCUT2D eigenvalue weighted by molar-refractivity contribution is 0.412. The highest BCUT2D eigenvalue weighted by molar-refractivity contribution is 7.89. The summed E-state index contributed by atoms with van der Waals surface area (Å²) in [6.45, 7) is 0. The number of hydrogen-bond acceptors (Lipinski definition) is 5. The van der Waals surface area contributed by atoms with Gasteiger partial charge in [0.25, 0.3) is 0 Å². The van der Waals surface area contributed by atoms with E-state index >= 15 is 0 Å². The van der Waals surface area contributed by atoms with Crippen molar-refractivity contribution in [2.75, 3.05) is 0 Å². The number of imidazole rings is 1. The molecule has 2 aromatic heterocycles. The number of benzene rings is 1. The summed E-state index contributed by atoms with van der Waals surface area (Å²) in [6.07, 6.45) is 6.51. The van der Waals surface area contributed by atoms with Crippen molar-refractivity contribution in [1.82, 2.24) is 14.3 Å². The van der Waals surface area contributed by atoms with E-state index in [2.05, 4.69) is 9.71 Å². The zero-order valence-corrected chi connectivity index (χ0v) is 14.7. The number of sulfonamides is 1. The molecule has 0 unspecified atom stereocenters. The average Bonchev–Trinajstić information content (AvgIpc) is 2.98. The largest absolute Gasteiger partial charge is 0.421 e. The molecule has 0 spiro atoms. The van der Waals surface area contributed by atoms with Crippen LogP contribution in [0, 0.1) is 0 Å². The van der Waals surface area contributed by atoms with Crippen molar-refractivity contribution in [2.24, 2.45) is 7.05 Å². The molecular formula is C17H19N3O4S. The highest BCUT2D eigenvalue weighted by atomic mass is 32.2. The quantitative estimate of drug-likeness (QED) is 0.722. The molecule has 8 heteroatoms. The van der Waals surface area contributed by atoms with E-state index < -0.39 is 15.6 Å². The first-order valence-electron chi connectivity index (χ1n) is 8.36. The molecule has 2 heterocycles. The van der Waals surface area contributed by atoms with Crippen LogP contribution in [0.5, 0.6) is 0 Å². The van der Waals surface area contributed by atoms with Crippen molar-refractivity contribution in [3.63, 3.8) is 0 Å². The van der Waals surface area contributed by atoms with Crippen LogP contribution in [0.4, 0.5) is 0 Å². The van der Waals surface area contributed by atoms with Gasteiger partial charge in [0, 0.05) is 18.5 Å². The first-order valence-corrected chi connectivity index (χ1v) is 9.84. The molecule has 3 aromatic rings. The summed E-state index contributed by atoms with van der Waals surface area (Å²) in [5, 5.41) is 0.557. The van der Waals surface area contributed by atoms with Gasteiger partial charge in [-0.15, -0.1) is 0 Å².